The molecule has 23 heavy (non-hydrogen) atoms. The molecular weight excluding hydrogens is 314 g/mol. The Morgan fingerprint density at radius 3 is 2.70 bits per heavy atom. The molecule has 0 radical (unpaired) electrons. The van der Waals surface area contributed by atoms with Gasteiger partial charge < -0.3 is 5.32 Å². The predicted molar refractivity (Wildman–Crippen MR) is 88.3 cm³/mol. The van der Waals surface area contributed by atoms with Crippen molar-refractivity contribution in [2.75, 3.05) is 6.54 Å². The zero-order valence-electron chi connectivity index (χ0n) is 12.7. The highest BCUT2D eigenvalue weighted by Crippen LogP contribution is 2.14. The van der Waals surface area contributed by atoms with Crippen LogP contribution in [-0.4, -0.2) is 33.5 Å². The first kappa shape index (κ1) is 15.4. The number of carbonyl (C=O) groups excluding carboxylic acids is 1. The Hall–Kier alpha value is -2.47. The number of halogens is 1. The fourth-order valence-electron chi connectivity index (χ4n) is 2.25. The molecule has 1 N–H and O–H groups in total. The van der Waals surface area contributed by atoms with Crippen LogP contribution in [0.3, 0.4) is 0 Å². The van der Waals surface area contributed by atoms with Crippen molar-refractivity contribution in [2.45, 2.75) is 19.9 Å². The normalized spacial score (nSPS) is 13.8. The molecule has 6 nitrogen and oxygen atoms in total. The number of amides is 2. The van der Waals surface area contributed by atoms with Gasteiger partial charge in [0, 0.05) is 6.42 Å². The minimum absolute atomic E-state index is 0.246. The Kier molecular flexibility index (Phi) is 4.52. The summed E-state index contributed by atoms with van der Waals surface area (Å²) in [6.45, 7) is 2.90. The van der Waals surface area contributed by atoms with E-state index in [1.807, 2.05) is 31.2 Å². The fourth-order valence-corrected chi connectivity index (χ4v) is 2.35. The van der Waals surface area contributed by atoms with E-state index in [2.05, 4.69) is 20.6 Å². The van der Waals surface area contributed by atoms with Crippen molar-refractivity contribution in [2.24, 2.45) is 5.10 Å². The molecule has 0 spiro atoms. The number of aryl methyl sites for hydroxylation is 1. The number of rotatable bonds is 3. The average Bonchev–Trinajstić information content (AvgIpc) is 3.05. The lowest BCUT2D eigenvalue weighted by Crippen LogP contribution is -2.35. The summed E-state index contributed by atoms with van der Waals surface area (Å²) in [5.74, 6) is 0. The number of urea groups is 1. The van der Waals surface area contributed by atoms with Crippen molar-refractivity contribution >= 4 is 23.3 Å². The SMILES string of the molecule is Cc1ccc(C2=NN(C(=O)NCc3ccc(Cl)nn3)CC2)cc1. The Morgan fingerprint density at radius 1 is 1.22 bits per heavy atom. The first-order valence-electron chi connectivity index (χ1n) is 7.30. The molecule has 1 aromatic carbocycles. The fraction of sp³-hybridized carbons (Fsp3) is 0.250. The second-order valence-electron chi connectivity index (χ2n) is 5.29. The van der Waals surface area contributed by atoms with E-state index in [0.29, 0.717) is 17.4 Å². The van der Waals surface area contributed by atoms with Crippen LogP contribution in [0.4, 0.5) is 4.79 Å². The molecule has 1 aromatic heterocycles. The van der Waals surface area contributed by atoms with Crippen LogP contribution in [-0.2, 0) is 6.54 Å². The molecule has 3 rings (SSSR count). The lowest BCUT2D eigenvalue weighted by atomic mass is 10.1. The summed E-state index contributed by atoms with van der Waals surface area (Å²) in [4.78, 5) is 12.2. The average molecular weight is 330 g/mol. The van der Waals surface area contributed by atoms with Crippen molar-refractivity contribution < 1.29 is 4.79 Å². The van der Waals surface area contributed by atoms with Crippen LogP contribution in [0.25, 0.3) is 0 Å². The van der Waals surface area contributed by atoms with E-state index in [9.17, 15) is 4.79 Å². The van der Waals surface area contributed by atoms with Crippen molar-refractivity contribution in [3.63, 3.8) is 0 Å². The minimum atomic E-state index is -0.246. The third-order valence-corrected chi connectivity index (χ3v) is 3.73. The van der Waals surface area contributed by atoms with Crippen LogP contribution in [0.1, 0.15) is 23.2 Å². The Labute approximate surface area is 139 Å². The second-order valence-corrected chi connectivity index (χ2v) is 5.68. The third-order valence-electron chi connectivity index (χ3n) is 3.53. The van der Waals surface area contributed by atoms with Crippen LogP contribution in [0, 0.1) is 6.92 Å². The molecule has 2 aromatic rings. The summed E-state index contributed by atoms with van der Waals surface area (Å²) in [5.41, 5.74) is 3.82. The van der Waals surface area contributed by atoms with Gasteiger partial charge in [-0.25, -0.2) is 9.80 Å². The number of aromatic nitrogens is 2. The van der Waals surface area contributed by atoms with Gasteiger partial charge in [0.15, 0.2) is 5.15 Å². The van der Waals surface area contributed by atoms with E-state index in [0.717, 1.165) is 17.7 Å². The quantitative estimate of drug-likeness (QED) is 0.941. The maximum absolute atomic E-state index is 12.2. The lowest BCUT2D eigenvalue weighted by Gasteiger charge is -2.12. The monoisotopic (exact) mass is 329 g/mol. The van der Waals surface area contributed by atoms with Gasteiger partial charge in [-0.15, -0.1) is 5.10 Å². The molecule has 0 aliphatic carbocycles. The highest BCUT2D eigenvalue weighted by molar-refractivity contribution is 6.29. The molecule has 0 unspecified atom stereocenters. The van der Waals surface area contributed by atoms with Gasteiger partial charge in [0.25, 0.3) is 0 Å². The molecule has 0 fully saturated rings. The van der Waals surface area contributed by atoms with Crippen molar-refractivity contribution in [1.82, 2.24) is 20.5 Å². The van der Waals surface area contributed by atoms with Gasteiger partial charge >= 0.3 is 6.03 Å². The van der Waals surface area contributed by atoms with Gasteiger partial charge in [0.05, 0.1) is 24.5 Å². The summed E-state index contributed by atoms with van der Waals surface area (Å²) < 4.78 is 0. The van der Waals surface area contributed by atoms with Crippen LogP contribution in [0.2, 0.25) is 5.15 Å². The van der Waals surface area contributed by atoms with E-state index < -0.39 is 0 Å². The molecule has 0 bridgehead atoms. The molecule has 2 amide bonds. The minimum Gasteiger partial charge on any atom is -0.331 e. The highest BCUT2D eigenvalue weighted by Gasteiger charge is 2.21. The zero-order valence-corrected chi connectivity index (χ0v) is 13.4. The maximum atomic E-state index is 12.2. The molecule has 2 heterocycles. The number of nitrogens with zero attached hydrogens (tertiary/aromatic N) is 4. The number of benzene rings is 1. The van der Waals surface area contributed by atoms with Crippen molar-refractivity contribution in [3.8, 4) is 0 Å². The number of hydrogen-bond donors (Lipinski definition) is 1. The zero-order chi connectivity index (χ0) is 16.2. The van der Waals surface area contributed by atoms with Crippen LogP contribution in [0.15, 0.2) is 41.5 Å². The molecule has 0 saturated heterocycles. The number of nitrogens with one attached hydrogen (secondary N) is 1. The van der Waals surface area contributed by atoms with Gasteiger partial charge in [-0.2, -0.15) is 10.2 Å². The standard InChI is InChI=1S/C16H16ClN5O/c1-11-2-4-12(5-3-11)14-8-9-22(21-14)16(23)18-10-13-6-7-15(17)20-19-13/h2-7H,8-10H2,1H3,(H,18,23). The van der Waals surface area contributed by atoms with E-state index in [-0.39, 0.29) is 12.6 Å². The third kappa shape index (κ3) is 3.84. The van der Waals surface area contributed by atoms with Crippen LogP contribution in [0.5, 0.6) is 0 Å². The van der Waals surface area contributed by atoms with Crippen molar-refractivity contribution in [3.05, 3.63) is 58.4 Å². The van der Waals surface area contributed by atoms with Gasteiger partial charge in [-0.05, 0) is 24.6 Å². The summed E-state index contributed by atoms with van der Waals surface area (Å²) in [6, 6.07) is 11.3. The summed E-state index contributed by atoms with van der Waals surface area (Å²) in [5, 5.41) is 16.6. The smallest absolute Gasteiger partial charge is 0.331 e. The lowest BCUT2D eigenvalue weighted by molar-refractivity contribution is 0.204. The maximum Gasteiger partial charge on any atom is 0.338 e. The molecule has 7 heteroatoms. The first-order valence-corrected chi connectivity index (χ1v) is 7.67. The number of carbonyl (C=O) groups is 1. The van der Waals surface area contributed by atoms with E-state index in [4.69, 9.17) is 11.6 Å². The molecule has 1 aliphatic heterocycles. The number of hydrogen-bond acceptors (Lipinski definition) is 4. The number of hydrazone groups is 1. The van der Waals surface area contributed by atoms with E-state index in [1.54, 1.807) is 12.1 Å². The Balaban J connectivity index is 1.60. The van der Waals surface area contributed by atoms with Gasteiger partial charge in [-0.3, -0.25) is 0 Å². The van der Waals surface area contributed by atoms with Gasteiger partial charge in [-0.1, -0.05) is 41.4 Å². The first-order chi connectivity index (χ1) is 11.1. The summed E-state index contributed by atoms with van der Waals surface area (Å²) >= 11 is 5.68. The molecule has 1 aliphatic rings. The van der Waals surface area contributed by atoms with E-state index >= 15 is 0 Å². The second kappa shape index (κ2) is 6.75. The topological polar surface area (TPSA) is 70.5 Å². The summed E-state index contributed by atoms with van der Waals surface area (Å²) in [6.07, 6.45) is 0.747. The van der Waals surface area contributed by atoms with Crippen LogP contribution < -0.4 is 5.32 Å². The Morgan fingerprint density at radius 2 is 2.00 bits per heavy atom. The largest absolute Gasteiger partial charge is 0.338 e. The van der Waals surface area contributed by atoms with E-state index in [1.165, 1.54) is 10.6 Å². The Bertz CT molecular complexity index is 727. The molecule has 0 atom stereocenters. The highest BCUT2D eigenvalue weighted by atomic mass is 35.5. The van der Waals surface area contributed by atoms with Gasteiger partial charge in [0.1, 0.15) is 0 Å². The molecule has 0 saturated carbocycles. The van der Waals surface area contributed by atoms with Crippen LogP contribution >= 0.6 is 11.6 Å². The molecular formula is C16H16ClN5O. The van der Waals surface area contributed by atoms with Crippen molar-refractivity contribution in [1.29, 1.82) is 0 Å². The summed E-state index contributed by atoms with van der Waals surface area (Å²) in [7, 11) is 0. The molecule has 118 valence electrons. The predicted octanol–water partition coefficient (Wildman–Crippen LogP) is 2.76. The van der Waals surface area contributed by atoms with Gasteiger partial charge in [0.2, 0.25) is 0 Å².